The number of phenolic OH excluding ortho intramolecular Hbond substituents is 1. The van der Waals surface area contributed by atoms with Gasteiger partial charge in [-0.3, -0.25) is 4.99 Å². The first kappa shape index (κ1) is 23.1. The SMILES string of the molecule is CCCN1CCC(CN=C(NCC)N2CCN(c3ccccc3O)CC2)C1.I. The van der Waals surface area contributed by atoms with Crippen molar-refractivity contribution in [3.8, 4) is 5.75 Å². The number of benzene rings is 1. The van der Waals surface area contributed by atoms with Crippen LogP contribution < -0.4 is 10.2 Å². The molecule has 2 N–H and O–H groups in total. The van der Waals surface area contributed by atoms with E-state index in [1.165, 1.54) is 32.5 Å². The van der Waals surface area contributed by atoms with Crippen LogP contribution in [0.25, 0.3) is 0 Å². The van der Waals surface area contributed by atoms with Crippen LogP contribution >= 0.6 is 24.0 Å². The molecule has 1 aromatic rings. The second-order valence-electron chi connectivity index (χ2n) is 7.61. The van der Waals surface area contributed by atoms with Crippen molar-refractivity contribution in [1.29, 1.82) is 0 Å². The standard InChI is InChI=1S/C21H35N5O.HI/c1-3-10-24-11-9-18(17-24)16-23-21(22-4-2)26-14-12-25(13-15-26)19-7-5-6-8-20(19)27;/h5-8,18,27H,3-4,9-17H2,1-2H3,(H,22,23);1H. The second-order valence-corrected chi connectivity index (χ2v) is 7.61. The van der Waals surface area contributed by atoms with Gasteiger partial charge in [-0.25, -0.2) is 0 Å². The molecule has 2 saturated heterocycles. The molecule has 0 radical (unpaired) electrons. The average Bonchev–Trinajstić information content (AvgIpc) is 3.14. The Bertz CT molecular complexity index is 619. The van der Waals surface area contributed by atoms with Crippen LogP contribution in [0.1, 0.15) is 26.7 Å². The van der Waals surface area contributed by atoms with E-state index in [-0.39, 0.29) is 24.0 Å². The summed E-state index contributed by atoms with van der Waals surface area (Å²) in [6, 6.07) is 7.61. The van der Waals surface area contributed by atoms with E-state index in [0.29, 0.717) is 11.7 Å². The highest BCUT2D eigenvalue weighted by atomic mass is 127. The fourth-order valence-corrected chi connectivity index (χ4v) is 4.11. The molecule has 0 aromatic heterocycles. The lowest BCUT2D eigenvalue weighted by Gasteiger charge is -2.38. The molecule has 2 aliphatic heterocycles. The van der Waals surface area contributed by atoms with Crippen LogP contribution in [0.2, 0.25) is 0 Å². The fourth-order valence-electron chi connectivity index (χ4n) is 4.11. The van der Waals surface area contributed by atoms with Gasteiger partial charge in [0.25, 0.3) is 0 Å². The Kier molecular flexibility index (Phi) is 9.64. The summed E-state index contributed by atoms with van der Waals surface area (Å²) in [5, 5.41) is 13.6. The van der Waals surface area contributed by atoms with Gasteiger partial charge in [-0.2, -0.15) is 0 Å². The summed E-state index contributed by atoms with van der Waals surface area (Å²) in [6.45, 7) is 13.5. The Labute approximate surface area is 187 Å². The summed E-state index contributed by atoms with van der Waals surface area (Å²) in [4.78, 5) is 12.2. The highest BCUT2D eigenvalue weighted by molar-refractivity contribution is 14.0. The summed E-state index contributed by atoms with van der Waals surface area (Å²) < 4.78 is 0. The maximum Gasteiger partial charge on any atom is 0.194 e. The molecule has 1 unspecified atom stereocenters. The van der Waals surface area contributed by atoms with Gasteiger partial charge in [0.1, 0.15) is 5.75 Å². The number of piperazine rings is 1. The van der Waals surface area contributed by atoms with Crippen molar-refractivity contribution >= 4 is 35.6 Å². The zero-order valence-corrected chi connectivity index (χ0v) is 19.6. The lowest BCUT2D eigenvalue weighted by Crippen LogP contribution is -2.52. The Morgan fingerprint density at radius 3 is 2.57 bits per heavy atom. The number of anilines is 1. The monoisotopic (exact) mass is 501 g/mol. The summed E-state index contributed by atoms with van der Waals surface area (Å²) in [6.07, 6.45) is 2.50. The normalized spacial score (nSPS) is 20.9. The number of aliphatic imine (C=N–C) groups is 1. The Balaban J connectivity index is 0.00000280. The van der Waals surface area contributed by atoms with Crippen LogP contribution in [0.5, 0.6) is 5.75 Å². The Morgan fingerprint density at radius 2 is 1.89 bits per heavy atom. The minimum Gasteiger partial charge on any atom is -0.506 e. The Morgan fingerprint density at radius 1 is 1.14 bits per heavy atom. The number of nitrogens with zero attached hydrogens (tertiary/aromatic N) is 4. The first-order valence-corrected chi connectivity index (χ1v) is 10.5. The number of aromatic hydroxyl groups is 1. The minimum atomic E-state index is 0. The number of hydrogen-bond donors (Lipinski definition) is 2. The third kappa shape index (κ3) is 6.14. The molecule has 0 spiro atoms. The molecule has 0 bridgehead atoms. The first-order valence-electron chi connectivity index (χ1n) is 10.5. The second kappa shape index (κ2) is 11.7. The molecule has 7 heteroatoms. The number of guanidine groups is 1. The number of rotatable bonds is 6. The van der Waals surface area contributed by atoms with Crippen LogP contribution in [0.3, 0.4) is 0 Å². The number of likely N-dealkylation sites (tertiary alicyclic amines) is 1. The van der Waals surface area contributed by atoms with Crippen LogP contribution in [0.15, 0.2) is 29.3 Å². The maximum atomic E-state index is 10.1. The van der Waals surface area contributed by atoms with Crippen molar-refractivity contribution < 1.29 is 5.11 Å². The summed E-state index contributed by atoms with van der Waals surface area (Å²) >= 11 is 0. The predicted octanol–water partition coefficient (Wildman–Crippen LogP) is 2.83. The van der Waals surface area contributed by atoms with Crippen molar-refractivity contribution in [2.24, 2.45) is 10.9 Å². The number of phenols is 1. The number of hydrogen-bond acceptors (Lipinski definition) is 4. The fraction of sp³-hybridized carbons (Fsp3) is 0.667. The topological polar surface area (TPSA) is 54.3 Å². The molecule has 1 aromatic carbocycles. The van der Waals surface area contributed by atoms with Gasteiger partial charge in [0.2, 0.25) is 0 Å². The summed E-state index contributed by atoms with van der Waals surface area (Å²) in [7, 11) is 0. The number of halogens is 1. The molecule has 2 heterocycles. The molecular formula is C21H36IN5O. The van der Waals surface area contributed by atoms with Crippen molar-refractivity contribution in [2.45, 2.75) is 26.7 Å². The average molecular weight is 501 g/mol. The van der Waals surface area contributed by atoms with E-state index in [9.17, 15) is 5.11 Å². The molecule has 1 atom stereocenters. The van der Waals surface area contributed by atoms with Gasteiger partial charge in [-0.15, -0.1) is 24.0 Å². The highest BCUT2D eigenvalue weighted by Gasteiger charge is 2.24. The number of nitrogens with one attached hydrogen (secondary N) is 1. The lowest BCUT2D eigenvalue weighted by atomic mass is 10.1. The molecule has 158 valence electrons. The quantitative estimate of drug-likeness (QED) is 0.357. The smallest absolute Gasteiger partial charge is 0.194 e. The van der Waals surface area contributed by atoms with Crippen LogP contribution in [0, 0.1) is 5.92 Å². The zero-order chi connectivity index (χ0) is 19.1. The minimum absolute atomic E-state index is 0. The van der Waals surface area contributed by atoms with Gasteiger partial charge < -0.3 is 25.1 Å². The van der Waals surface area contributed by atoms with Gasteiger partial charge in [-0.05, 0) is 50.9 Å². The van der Waals surface area contributed by atoms with E-state index >= 15 is 0 Å². The van der Waals surface area contributed by atoms with Gasteiger partial charge in [0, 0.05) is 45.8 Å². The van der Waals surface area contributed by atoms with Gasteiger partial charge in [-0.1, -0.05) is 19.1 Å². The van der Waals surface area contributed by atoms with Crippen molar-refractivity contribution in [3.05, 3.63) is 24.3 Å². The molecule has 6 nitrogen and oxygen atoms in total. The molecule has 28 heavy (non-hydrogen) atoms. The maximum absolute atomic E-state index is 10.1. The van der Waals surface area contributed by atoms with Crippen LogP contribution in [-0.2, 0) is 0 Å². The lowest BCUT2D eigenvalue weighted by molar-refractivity contribution is 0.325. The molecule has 0 amide bonds. The molecule has 0 aliphatic carbocycles. The third-order valence-corrected chi connectivity index (χ3v) is 5.55. The highest BCUT2D eigenvalue weighted by Crippen LogP contribution is 2.27. The van der Waals surface area contributed by atoms with E-state index in [0.717, 1.165) is 50.9 Å². The molecule has 2 fully saturated rings. The van der Waals surface area contributed by atoms with Crippen molar-refractivity contribution in [3.63, 3.8) is 0 Å². The summed E-state index contributed by atoms with van der Waals surface area (Å²) in [5.74, 6) is 2.10. The first-order chi connectivity index (χ1) is 13.2. The largest absolute Gasteiger partial charge is 0.506 e. The van der Waals surface area contributed by atoms with Crippen molar-refractivity contribution in [2.75, 3.05) is 63.8 Å². The molecule has 2 aliphatic rings. The van der Waals surface area contributed by atoms with E-state index in [1.54, 1.807) is 6.07 Å². The molecule has 0 saturated carbocycles. The van der Waals surface area contributed by atoms with Crippen LogP contribution in [-0.4, -0.2) is 79.8 Å². The van der Waals surface area contributed by atoms with E-state index < -0.39 is 0 Å². The van der Waals surface area contributed by atoms with Gasteiger partial charge in [0.15, 0.2) is 5.96 Å². The van der Waals surface area contributed by atoms with E-state index in [2.05, 4.69) is 33.9 Å². The number of para-hydroxylation sites is 2. The predicted molar refractivity (Wildman–Crippen MR) is 128 cm³/mol. The Hall–Kier alpha value is -1.22. The van der Waals surface area contributed by atoms with Gasteiger partial charge >= 0.3 is 0 Å². The molecule has 3 rings (SSSR count). The van der Waals surface area contributed by atoms with Gasteiger partial charge in [0.05, 0.1) is 5.69 Å². The van der Waals surface area contributed by atoms with Crippen LogP contribution in [0.4, 0.5) is 5.69 Å². The third-order valence-electron chi connectivity index (χ3n) is 5.55. The molecular weight excluding hydrogens is 465 g/mol. The zero-order valence-electron chi connectivity index (χ0n) is 17.3. The van der Waals surface area contributed by atoms with E-state index in [4.69, 9.17) is 4.99 Å². The summed E-state index contributed by atoms with van der Waals surface area (Å²) in [5.41, 5.74) is 0.932. The van der Waals surface area contributed by atoms with Crippen molar-refractivity contribution in [1.82, 2.24) is 15.1 Å². The van der Waals surface area contributed by atoms with E-state index in [1.807, 2.05) is 18.2 Å².